The summed E-state index contributed by atoms with van der Waals surface area (Å²) in [6.45, 7) is 14.7. The normalized spacial score (nSPS) is 16.4. The molecule has 6 N–H and O–H groups in total. The van der Waals surface area contributed by atoms with E-state index in [0.717, 1.165) is 33.6 Å². The Morgan fingerprint density at radius 2 is 1.02 bits per heavy atom. The highest BCUT2D eigenvalue weighted by Gasteiger charge is 2.44. The van der Waals surface area contributed by atoms with Crippen molar-refractivity contribution in [2.75, 3.05) is 39.1 Å². The van der Waals surface area contributed by atoms with Crippen molar-refractivity contribution in [1.82, 2.24) is 19.0 Å². The van der Waals surface area contributed by atoms with E-state index in [4.69, 9.17) is 46.1 Å². The van der Waals surface area contributed by atoms with Crippen LogP contribution >= 0.6 is 23.1 Å². The molecule has 7 rings (SSSR count). The minimum absolute atomic E-state index is 0. The maximum atomic E-state index is 13.2. The first-order chi connectivity index (χ1) is 43.0. The molecule has 2 aliphatic heterocycles. The molecule has 0 aliphatic carbocycles. The van der Waals surface area contributed by atoms with Crippen molar-refractivity contribution in [3.8, 4) is 0 Å². The van der Waals surface area contributed by atoms with Gasteiger partial charge in [-0.3, -0.25) is 39.7 Å². The smallest absolute Gasteiger partial charge is 0.411 e. The van der Waals surface area contributed by atoms with Gasteiger partial charge in [-0.1, -0.05) is 102 Å². The molecule has 0 saturated carbocycles. The van der Waals surface area contributed by atoms with E-state index in [9.17, 15) is 69.8 Å². The van der Waals surface area contributed by atoms with Crippen molar-refractivity contribution in [1.29, 1.82) is 0 Å². The van der Waals surface area contributed by atoms with Gasteiger partial charge in [-0.05, 0) is 116 Å². The fourth-order valence-corrected chi connectivity index (χ4v) is 11.9. The highest BCUT2D eigenvalue weighted by molar-refractivity contribution is 8.13. The summed E-state index contributed by atoms with van der Waals surface area (Å²) < 4.78 is 93.5. The number of nitrogens with zero attached hydrogens (tertiary/aromatic N) is 5. The predicted molar refractivity (Wildman–Crippen MR) is 344 cm³/mol. The third-order valence-electron chi connectivity index (χ3n) is 12.6. The molecule has 0 radical (unpaired) electrons. The van der Waals surface area contributed by atoms with E-state index in [0.29, 0.717) is 19.4 Å². The molecule has 5 aromatic rings. The number of carbonyl (C=O) groups is 4. The number of nitrogen functional groups attached to an aromatic ring is 1. The lowest BCUT2D eigenvalue weighted by Gasteiger charge is -2.41. The molecule has 34 heteroatoms. The highest BCUT2D eigenvalue weighted by Crippen LogP contribution is 2.32. The van der Waals surface area contributed by atoms with Gasteiger partial charge in [0.1, 0.15) is 28.2 Å². The number of nitro groups is 2. The Labute approximate surface area is 551 Å². The molecule has 0 aromatic heterocycles. The van der Waals surface area contributed by atoms with Crippen LogP contribution in [0.25, 0.3) is 0 Å². The number of nitrogens with one attached hydrogen (secondary N) is 1. The number of para-hydroxylation sites is 3. The van der Waals surface area contributed by atoms with Gasteiger partial charge in [0.2, 0.25) is 10.0 Å². The van der Waals surface area contributed by atoms with E-state index in [1.807, 2.05) is 60.7 Å². The SMILES string of the molecule is CCOC(=O)[C@@H]1CC[C@@H](N(C)S(=O)(=O)c2ccccc2[N+](=O)[O-])CN1C(=O)OC(C)(C)C.CCOC(=O)[C@@H]1CC[C@H](O)CN1C(=O)OC(C)(C)C.Cl.NOCc1ccccc1.Nc1ccccc1S(=O)(=O)NOCc1ccccc1.O=[N+]([O-])c1ccccc1S(=O)(=O)Cl. The molecule has 29 nitrogen and oxygen atoms in total. The molecule has 2 saturated heterocycles. The zero-order valence-corrected chi connectivity index (χ0v) is 56.6. The number of likely N-dealkylation sites (tertiary alicyclic amines) is 2. The summed E-state index contributed by atoms with van der Waals surface area (Å²) in [6.07, 6.45) is -0.722. The van der Waals surface area contributed by atoms with Gasteiger partial charge in [-0.2, -0.15) is 4.31 Å². The number of rotatable bonds is 17. The summed E-state index contributed by atoms with van der Waals surface area (Å²) in [5.41, 5.74) is 5.24. The van der Waals surface area contributed by atoms with Gasteiger partial charge < -0.3 is 29.8 Å². The second kappa shape index (κ2) is 37.9. The van der Waals surface area contributed by atoms with Crippen LogP contribution in [0.15, 0.2) is 148 Å². The number of anilines is 1. The summed E-state index contributed by atoms with van der Waals surface area (Å²) in [5, 5.41) is 31.3. The standard InChI is InChI=1S/C20H29N3O8S.C13H14N2O3S.C13H23NO5.C7H9NO.C6H4ClNO4S.ClH/c1-6-30-18(24)16-12-11-14(13-22(16)19(25)31-20(2,3)4)21(5)32(28,29)17-10-8-7-9-15(17)23(26)27;14-12-8-4-5-9-13(12)19(16,17)15-18-10-11-6-2-1-3-7-11;1-5-18-11(16)10-7-6-9(15)8-14(10)12(17)19-13(2,3)4;8-9-6-7-4-2-1-3-5-7;7-13(11,12)6-4-2-1-3-5(6)8(9)10;/h7-10,14,16H,6,11-13H2,1-5H3;1-9,15H,10,14H2;9-10,15H,5-8H2,1-4H3;1-5H,6,8H2;1-4H;1H/t14-,16+;;9-,10-;;;/m1.0.../s1. The average molecular weight is 1400 g/mol. The lowest BCUT2D eigenvalue weighted by molar-refractivity contribution is -0.388. The number of esters is 2. The van der Waals surface area contributed by atoms with Gasteiger partial charge in [-0.15, -0.1) is 12.4 Å². The largest absolute Gasteiger partial charge is 0.464 e. The number of hydrogen-bond acceptors (Lipinski definition) is 23. The van der Waals surface area contributed by atoms with E-state index in [-0.39, 0.29) is 68.7 Å². The summed E-state index contributed by atoms with van der Waals surface area (Å²) >= 11 is 0. The molecule has 0 unspecified atom stereocenters. The number of aliphatic hydroxyl groups excluding tert-OH is 1. The number of aliphatic hydroxyl groups is 1. The average Bonchev–Trinajstić information content (AvgIpc) is 0.795. The van der Waals surface area contributed by atoms with Crippen LogP contribution in [0.2, 0.25) is 0 Å². The Hall–Kier alpha value is -7.63. The minimum Gasteiger partial charge on any atom is -0.464 e. The van der Waals surface area contributed by atoms with Gasteiger partial charge in [0.05, 0.1) is 54.6 Å². The van der Waals surface area contributed by atoms with Crippen LogP contribution in [-0.4, -0.2) is 147 Å². The third kappa shape index (κ3) is 27.1. The Morgan fingerprint density at radius 1 is 0.624 bits per heavy atom. The number of ether oxygens (including phenoxy) is 4. The molecule has 5 aromatic carbocycles. The Bertz CT molecular complexity index is 3590. The van der Waals surface area contributed by atoms with Crippen LogP contribution in [0.4, 0.5) is 26.7 Å². The highest BCUT2D eigenvalue weighted by atomic mass is 35.7. The zero-order chi connectivity index (χ0) is 69.2. The first kappa shape index (κ1) is 81.5. The van der Waals surface area contributed by atoms with Crippen LogP contribution in [0.5, 0.6) is 0 Å². The third-order valence-corrected chi connectivity index (χ3v) is 17.2. The summed E-state index contributed by atoms with van der Waals surface area (Å²) in [5.74, 6) is 3.82. The van der Waals surface area contributed by atoms with Crippen LogP contribution in [0.3, 0.4) is 0 Å². The molecule has 2 fully saturated rings. The molecule has 0 bridgehead atoms. The number of halogens is 2. The predicted octanol–water partition coefficient (Wildman–Crippen LogP) is 8.56. The first-order valence-corrected chi connectivity index (χ1v) is 33.5. The molecule has 4 atom stereocenters. The zero-order valence-electron chi connectivity index (χ0n) is 52.6. The Kier molecular flexibility index (Phi) is 33.2. The Morgan fingerprint density at radius 3 is 1.44 bits per heavy atom. The van der Waals surface area contributed by atoms with Crippen molar-refractivity contribution >= 4 is 93.4 Å². The van der Waals surface area contributed by atoms with Crippen molar-refractivity contribution in [2.24, 2.45) is 5.90 Å². The number of nitro benzene ring substituents is 2. The molecule has 93 heavy (non-hydrogen) atoms. The quantitative estimate of drug-likeness (QED) is 0.0169. The summed E-state index contributed by atoms with van der Waals surface area (Å²) in [4.78, 5) is 82.2. The van der Waals surface area contributed by atoms with E-state index in [1.54, 1.807) is 67.5 Å². The Balaban J connectivity index is 0.000000419. The minimum atomic E-state index is -4.25. The van der Waals surface area contributed by atoms with Crippen molar-refractivity contribution in [2.45, 2.75) is 144 Å². The number of carbonyl (C=O) groups excluding carboxylic acids is 4. The molecule has 0 spiro atoms. The lowest BCUT2D eigenvalue weighted by atomic mass is 9.98. The topological polar surface area (TPSA) is 406 Å². The van der Waals surface area contributed by atoms with Gasteiger partial charge in [0.25, 0.3) is 30.4 Å². The van der Waals surface area contributed by atoms with Gasteiger partial charge in [0, 0.05) is 42.4 Å². The number of β-amino-alcohol motifs (C(OH)–C–C–N with tert-alkyl or cyclic N) is 1. The van der Waals surface area contributed by atoms with E-state index in [2.05, 4.69) is 9.72 Å². The van der Waals surface area contributed by atoms with Crippen LogP contribution in [-0.2, 0) is 80.5 Å². The molecule has 514 valence electrons. The maximum Gasteiger partial charge on any atom is 0.411 e. The van der Waals surface area contributed by atoms with Gasteiger partial charge in [0.15, 0.2) is 9.79 Å². The van der Waals surface area contributed by atoms with Crippen molar-refractivity contribution in [3.05, 3.63) is 165 Å². The molecule has 2 aliphatic rings. The number of piperidine rings is 2. The lowest BCUT2D eigenvalue weighted by Crippen LogP contribution is -2.57. The molecule has 2 amide bonds. The summed E-state index contributed by atoms with van der Waals surface area (Å²) in [6, 6.07) is 32.9. The summed E-state index contributed by atoms with van der Waals surface area (Å²) in [7, 11) is -5.78. The second-order valence-corrected chi connectivity index (χ2v) is 28.0. The number of sulfonamides is 2. The molecule has 2 heterocycles. The van der Waals surface area contributed by atoms with Gasteiger partial charge >= 0.3 is 24.1 Å². The molecular formula is C59H80Cl2N8O21S3. The number of benzene rings is 5. The first-order valence-electron chi connectivity index (χ1n) is 28.3. The van der Waals surface area contributed by atoms with E-state index >= 15 is 0 Å². The number of nitrogens with two attached hydrogens (primary N) is 2. The fraction of sp³-hybridized carbons (Fsp3) is 0.424. The van der Waals surface area contributed by atoms with Crippen LogP contribution < -0.4 is 16.5 Å². The molecular weight excluding hydrogens is 1320 g/mol. The second-order valence-electron chi connectivity index (χ2n) is 21.9. The van der Waals surface area contributed by atoms with E-state index < -0.39 is 120 Å². The van der Waals surface area contributed by atoms with E-state index in [1.165, 1.54) is 59.3 Å². The van der Waals surface area contributed by atoms with Crippen LogP contribution in [0, 0.1) is 20.2 Å². The maximum absolute atomic E-state index is 13.2. The van der Waals surface area contributed by atoms with Gasteiger partial charge in [-0.25, -0.2) is 50.3 Å². The monoisotopic (exact) mass is 1400 g/mol. The van der Waals surface area contributed by atoms with Crippen molar-refractivity contribution in [3.63, 3.8) is 0 Å². The number of hydrogen-bond donors (Lipinski definition) is 4. The number of amides is 2. The van der Waals surface area contributed by atoms with Crippen molar-refractivity contribution < 1.29 is 88.0 Å². The van der Waals surface area contributed by atoms with Crippen LogP contribution in [0.1, 0.15) is 92.2 Å². The fourth-order valence-electron chi connectivity index (χ4n) is 8.41. The number of likely N-dealkylation sites (N-methyl/N-ethyl adjacent to an activating group) is 1.